The number of esters is 1. The van der Waals surface area contributed by atoms with E-state index in [2.05, 4.69) is 17.4 Å². The molecule has 2 rings (SSSR count). The van der Waals surface area contributed by atoms with Crippen molar-refractivity contribution in [1.82, 2.24) is 0 Å². The Morgan fingerprint density at radius 1 is 1.58 bits per heavy atom. The second-order valence-electron chi connectivity index (χ2n) is 4.38. The van der Waals surface area contributed by atoms with Crippen molar-refractivity contribution in [2.75, 3.05) is 24.3 Å². The monoisotopic (exact) mass is 283 g/mol. The van der Waals surface area contributed by atoms with Gasteiger partial charge in [-0.1, -0.05) is 6.07 Å². The molecule has 1 fully saturated rings. The smallest absolute Gasteiger partial charge is 0.340 e. The molecule has 0 aliphatic carbocycles. The Bertz CT molecular complexity index is 521. The van der Waals surface area contributed by atoms with E-state index < -0.39 is 11.8 Å². The second-order valence-corrected chi connectivity index (χ2v) is 4.75. The van der Waals surface area contributed by atoms with E-state index in [1.807, 2.05) is 0 Å². The molecular formula is C13H14FNO3S. The van der Waals surface area contributed by atoms with Crippen molar-refractivity contribution in [2.45, 2.75) is 6.42 Å². The number of rotatable bonds is 3. The van der Waals surface area contributed by atoms with Gasteiger partial charge in [0, 0.05) is 13.0 Å². The van der Waals surface area contributed by atoms with Crippen LogP contribution in [0.4, 0.5) is 10.1 Å². The zero-order chi connectivity index (χ0) is 14.0. The molecule has 0 saturated carbocycles. The van der Waals surface area contributed by atoms with Crippen molar-refractivity contribution in [2.24, 2.45) is 5.92 Å². The Balaban J connectivity index is 2.44. The lowest BCUT2D eigenvalue weighted by molar-refractivity contribution is -0.117. The molecule has 1 unspecified atom stereocenters. The van der Waals surface area contributed by atoms with Gasteiger partial charge in [-0.2, -0.15) is 12.6 Å². The van der Waals surface area contributed by atoms with Crippen LogP contribution in [0.25, 0.3) is 0 Å². The largest absolute Gasteiger partial charge is 0.465 e. The predicted octanol–water partition coefficient (Wildman–Crippen LogP) is 1.89. The first-order valence-corrected chi connectivity index (χ1v) is 6.49. The summed E-state index contributed by atoms with van der Waals surface area (Å²) in [6.45, 7) is 0.368. The lowest BCUT2D eigenvalue weighted by Gasteiger charge is -2.20. The van der Waals surface area contributed by atoms with Crippen LogP contribution in [0.5, 0.6) is 0 Å². The molecule has 1 amide bonds. The molecule has 0 radical (unpaired) electrons. The highest BCUT2D eigenvalue weighted by Gasteiger charge is 2.33. The number of carbonyl (C=O) groups is 2. The molecule has 102 valence electrons. The molecule has 0 bridgehead atoms. The van der Waals surface area contributed by atoms with E-state index in [1.54, 1.807) is 0 Å². The number of halogens is 1. The fraction of sp³-hybridized carbons (Fsp3) is 0.385. The Hall–Kier alpha value is -1.56. The third-order valence-corrected chi connectivity index (χ3v) is 3.64. The van der Waals surface area contributed by atoms with Gasteiger partial charge < -0.3 is 9.64 Å². The van der Waals surface area contributed by atoms with Gasteiger partial charge in [0.05, 0.1) is 18.4 Å². The van der Waals surface area contributed by atoms with Crippen molar-refractivity contribution >= 4 is 30.2 Å². The standard InChI is InChI=1S/C13H14FNO3S/c1-18-13(17)9-3-2-4-10(14)12(9)15-6-8(7-19)5-11(15)16/h2-4,8,19H,5-7H2,1H3. The van der Waals surface area contributed by atoms with Crippen LogP contribution in [-0.2, 0) is 9.53 Å². The predicted molar refractivity (Wildman–Crippen MR) is 72.1 cm³/mol. The highest BCUT2D eigenvalue weighted by molar-refractivity contribution is 7.80. The number of hydrogen-bond acceptors (Lipinski definition) is 4. The summed E-state index contributed by atoms with van der Waals surface area (Å²) in [4.78, 5) is 24.9. The quantitative estimate of drug-likeness (QED) is 0.681. The maximum Gasteiger partial charge on any atom is 0.340 e. The highest BCUT2D eigenvalue weighted by Crippen LogP contribution is 2.31. The fourth-order valence-corrected chi connectivity index (χ4v) is 2.43. The van der Waals surface area contributed by atoms with Crippen molar-refractivity contribution in [3.63, 3.8) is 0 Å². The molecule has 1 atom stereocenters. The van der Waals surface area contributed by atoms with Crippen molar-refractivity contribution < 1.29 is 18.7 Å². The van der Waals surface area contributed by atoms with E-state index in [-0.39, 0.29) is 23.1 Å². The zero-order valence-corrected chi connectivity index (χ0v) is 11.3. The molecule has 0 spiro atoms. The van der Waals surface area contributed by atoms with Crippen LogP contribution in [0.15, 0.2) is 18.2 Å². The van der Waals surface area contributed by atoms with Crippen molar-refractivity contribution in [1.29, 1.82) is 0 Å². The number of benzene rings is 1. The first kappa shape index (κ1) is 13.9. The SMILES string of the molecule is COC(=O)c1cccc(F)c1N1CC(CS)CC1=O. The van der Waals surface area contributed by atoms with Crippen LogP contribution >= 0.6 is 12.6 Å². The van der Waals surface area contributed by atoms with Gasteiger partial charge in [-0.3, -0.25) is 4.79 Å². The Morgan fingerprint density at radius 2 is 2.32 bits per heavy atom. The summed E-state index contributed by atoms with van der Waals surface area (Å²) in [5.41, 5.74) is 0.0688. The molecule has 0 N–H and O–H groups in total. The molecular weight excluding hydrogens is 269 g/mol. The molecule has 1 saturated heterocycles. The molecule has 19 heavy (non-hydrogen) atoms. The van der Waals surface area contributed by atoms with Gasteiger partial charge in [0.25, 0.3) is 0 Å². The molecule has 1 aromatic carbocycles. The maximum atomic E-state index is 14.0. The van der Waals surface area contributed by atoms with Gasteiger partial charge >= 0.3 is 5.97 Å². The maximum absolute atomic E-state index is 14.0. The molecule has 1 aromatic rings. The summed E-state index contributed by atoms with van der Waals surface area (Å²) in [5, 5.41) is 0. The minimum Gasteiger partial charge on any atom is -0.465 e. The van der Waals surface area contributed by atoms with Gasteiger partial charge in [-0.05, 0) is 23.8 Å². The number of amides is 1. The molecule has 4 nitrogen and oxygen atoms in total. The normalized spacial score (nSPS) is 18.8. The highest BCUT2D eigenvalue weighted by atomic mass is 32.1. The number of hydrogen-bond donors (Lipinski definition) is 1. The van der Waals surface area contributed by atoms with Crippen molar-refractivity contribution in [3.8, 4) is 0 Å². The van der Waals surface area contributed by atoms with Crippen LogP contribution in [0.1, 0.15) is 16.8 Å². The molecule has 1 heterocycles. The second kappa shape index (κ2) is 5.61. The molecule has 6 heteroatoms. The van der Waals surface area contributed by atoms with E-state index in [1.165, 1.54) is 30.2 Å². The lowest BCUT2D eigenvalue weighted by Crippen LogP contribution is -2.28. The summed E-state index contributed by atoms with van der Waals surface area (Å²) in [7, 11) is 1.22. The number of nitrogens with zero attached hydrogens (tertiary/aromatic N) is 1. The number of ether oxygens (including phenoxy) is 1. The summed E-state index contributed by atoms with van der Waals surface area (Å²) >= 11 is 4.16. The van der Waals surface area contributed by atoms with Gasteiger partial charge in [-0.15, -0.1) is 0 Å². The Morgan fingerprint density at radius 3 is 2.89 bits per heavy atom. The Labute approximate surface area is 115 Å². The number of para-hydroxylation sites is 1. The fourth-order valence-electron chi connectivity index (χ4n) is 2.18. The lowest BCUT2D eigenvalue weighted by atomic mass is 10.1. The van der Waals surface area contributed by atoms with Crippen LogP contribution in [-0.4, -0.2) is 31.3 Å². The summed E-state index contributed by atoms with van der Waals surface area (Å²) in [5.74, 6) is -0.840. The van der Waals surface area contributed by atoms with Gasteiger partial charge in [0.1, 0.15) is 5.82 Å². The minimum absolute atomic E-state index is 0.00336. The van der Waals surface area contributed by atoms with Gasteiger partial charge in [-0.25, -0.2) is 9.18 Å². The summed E-state index contributed by atoms with van der Waals surface area (Å²) < 4.78 is 18.6. The van der Waals surface area contributed by atoms with E-state index >= 15 is 0 Å². The first-order valence-electron chi connectivity index (χ1n) is 5.86. The third kappa shape index (κ3) is 2.58. The number of carbonyl (C=O) groups excluding carboxylic acids is 2. The third-order valence-electron chi connectivity index (χ3n) is 3.13. The topological polar surface area (TPSA) is 46.6 Å². The van der Waals surface area contributed by atoms with Crippen molar-refractivity contribution in [3.05, 3.63) is 29.6 Å². The molecule has 0 aromatic heterocycles. The van der Waals surface area contributed by atoms with E-state index in [4.69, 9.17) is 0 Å². The summed E-state index contributed by atoms with van der Waals surface area (Å²) in [6, 6.07) is 4.09. The van der Waals surface area contributed by atoms with E-state index in [0.717, 1.165) is 0 Å². The average molecular weight is 283 g/mol. The number of methoxy groups -OCH3 is 1. The first-order chi connectivity index (χ1) is 9.08. The molecule has 1 aliphatic rings. The number of thiol groups is 1. The zero-order valence-electron chi connectivity index (χ0n) is 10.4. The minimum atomic E-state index is -0.656. The van der Waals surface area contributed by atoms with Crippen LogP contribution in [0, 0.1) is 11.7 Å². The molecule has 1 aliphatic heterocycles. The van der Waals surface area contributed by atoms with Gasteiger partial charge in [0.15, 0.2) is 0 Å². The van der Waals surface area contributed by atoms with Crippen LogP contribution in [0.2, 0.25) is 0 Å². The van der Waals surface area contributed by atoms with Crippen LogP contribution in [0.3, 0.4) is 0 Å². The number of anilines is 1. The van der Waals surface area contributed by atoms with E-state index in [0.29, 0.717) is 18.7 Å². The van der Waals surface area contributed by atoms with E-state index in [9.17, 15) is 14.0 Å². The Kier molecular flexibility index (Phi) is 4.09. The summed E-state index contributed by atoms with van der Waals surface area (Å²) in [6.07, 6.45) is 0.318. The van der Waals surface area contributed by atoms with Gasteiger partial charge in [0.2, 0.25) is 5.91 Å². The average Bonchev–Trinajstić information content (AvgIpc) is 2.78. The van der Waals surface area contributed by atoms with Crippen LogP contribution < -0.4 is 4.90 Å².